The first-order chi connectivity index (χ1) is 20.2. The predicted octanol–water partition coefficient (Wildman–Crippen LogP) is 8.10. The van der Waals surface area contributed by atoms with Crippen LogP contribution in [0.2, 0.25) is 0 Å². The number of hydrogen-bond acceptors (Lipinski definition) is 3. The number of rotatable bonds is 3. The van der Waals surface area contributed by atoms with E-state index in [1.165, 1.54) is 33.2 Å². The second-order valence-electron chi connectivity index (χ2n) is 10.8. The molecule has 5 aromatic carbocycles. The maximum absolute atomic E-state index is 6.35. The highest BCUT2D eigenvalue weighted by molar-refractivity contribution is 5.91. The lowest BCUT2D eigenvalue weighted by Gasteiger charge is -2.26. The van der Waals surface area contributed by atoms with E-state index < -0.39 is 0 Å². The zero-order valence-corrected chi connectivity index (χ0v) is 22.5. The van der Waals surface area contributed by atoms with E-state index >= 15 is 0 Å². The molecule has 0 spiro atoms. The molecule has 2 aliphatic rings. The highest BCUT2D eigenvalue weighted by Gasteiger charge is 2.25. The molecule has 4 nitrogen and oxygen atoms in total. The van der Waals surface area contributed by atoms with Gasteiger partial charge < -0.3 is 11.1 Å². The summed E-state index contributed by atoms with van der Waals surface area (Å²) in [6.45, 7) is 0. The van der Waals surface area contributed by atoms with Crippen LogP contribution < -0.4 is 11.1 Å². The molecular weight excluding hydrogens is 500 g/mol. The van der Waals surface area contributed by atoms with Crippen LogP contribution in [-0.2, 0) is 6.42 Å². The molecule has 4 heteroatoms. The maximum atomic E-state index is 6.35. The third-order valence-electron chi connectivity index (χ3n) is 8.20. The van der Waals surface area contributed by atoms with Crippen molar-refractivity contribution < 1.29 is 0 Å². The van der Waals surface area contributed by atoms with Crippen molar-refractivity contribution in [1.29, 1.82) is 0 Å². The minimum atomic E-state index is 0.0740. The van der Waals surface area contributed by atoms with Crippen molar-refractivity contribution in [3.63, 3.8) is 0 Å². The maximum Gasteiger partial charge on any atom is 0.142 e. The van der Waals surface area contributed by atoms with Gasteiger partial charge in [-0.05, 0) is 75.5 Å². The normalized spacial score (nSPS) is 16.8. The number of fused-ring (bicyclic) bond motifs is 6. The number of hydrogen-bond donors (Lipinski definition) is 2. The SMILES string of the molecule is Nc1ccccc1/C=C1\Cc2cc(C3C=CC=C(c4ccc5ccccc5c4)N3)ccc2-n2c1nc1ccccc12. The van der Waals surface area contributed by atoms with Gasteiger partial charge in [0, 0.05) is 23.4 Å². The number of para-hydroxylation sites is 3. The standard InChI is InChI=1S/C37H28N4/c38-31-11-4-3-10-26(31)21-30-23-29-22-28(18-19-35(29)41-36-15-6-5-12-34(36)40-37(30)41)33-14-7-13-32(39-33)27-17-16-24-8-1-2-9-25(24)20-27/h1-22,33,39H,23,38H2/b30-21+. The molecule has 8 rings (SSSR count). The molecule has 1 unspecified atom stereocenters. The van der Waals surface area contributed by atoms with Gasteiger partial charge in [0.2, 0.25) is 0 Å². The molecule has 3 heterocycles. The number of nitrogens with zero attached hydrogens (tertiary/aromatic N) is 2. The Balaban J connectivity index is 1.19. The molecule has 6 aromatic rings. The molecule has 0 saturated heterocycles. The molecule has 41 heavy (non-hydrogen) atoms. The number of anilines is 1. The molecule has 196 valence electrons. The van der Waals surface area contributed by atoms with E-state index in [1.54, 1.807) is 0 Å². The van der Waals surface area contributed by atoms with E-state index in [0.717, 1.165) is 45.8 Å². The van der Waals surface area contributed by atoms with E-state index in [2.05, 4.69) is 119 Å². The van der Waals surface area contributed by atoms with Gasteiger partial charge in [-0.15, -0.1) is 0 Å². The zero-order chi connectivity index (χ0) is 27.3. The summed E-state index contributed by atoms with van der Waals surface area (Å²) in [7, 11) is 0. The van der Waals surface area contributed by atoms with E-state index in [1.807, 2.05) is 24.3 Å². The van der Waals surface area contributed by atoms with Crippen molar-refractivity contribution in [2.45, 2.75) is 12.5 Å². The van der Waals surface area contributed by atoms with Crippen LogP contribution in [0.15, 0.2) is 127 Å². The third-order valence-corrected chi connectivity index (χ3v) is 8.20. The van der Waals surface area contributed by atoms with Crippen molar-refractivity contribution in [1.82, 2.24) is 14.9 Å². The molecule has 2 aliphatic heterocycles. The van der Waals surface area contributed by atoms with Crippen molar-refractivity contribution in [3.8, 4) is 5.69 Å². The number of aromatic nitrogens is 2. The van der Waals surface area contributed by atoms with E-state index in [9.17, 15) is 0 Å². The molecule has 0 bridgehead atoms. The Kier molecular flexibility index (Phi) is 5.39. The molecule has 1 aromatic heterocycles. The summed E-state index contributed by atoms with van der Waals surface area (Å²) in [6.07, 6.45) is 9.53. The fraction of sp³-hybridized carbons (Fsp3) is 0.0541. The number of nitrogens with one attached hydrogen (secondary N) is 1. The monoisotopic (exact) mass is 528 g/mol. The third kappa shape index (κ3) is 4.04. The summed E-state index contributed by atoms with van der Waals surface area (Å²) < 4.78 is 2.30. The fourth-order valence-corrected chi connectivity index (χ4v) is 6.13. The summed E-state index contributed by atoms with van der Waals surface area (Å²) in [4.78, 5) is 5.06. The molecule has 0 amide bonds. The summed E-state index contributed by atoms with van der Waals surface area (Å²) in [5.41, 5.74) is 17.4. The Labute approximate surface area is 238 Å². The van der Waals surface area contributed by atoms with Gasteiger partial charge in [0.15, 0.2) is 0 Å². The van der Waals surface area contributed by atoms with Gasteiger partial charge >= 0.3 is 0 Å². The van der Waals surface area contributed by atoms with Crippen molar-refractivity contribution in [2.75, 3.05) is 5.73 Å². The largest absolute Gasteiger partial charge is 0.398 e. The zero-order valence-electron chi connectivity index (χ0n) is 22.5. The fourth-order valence-electron chi connectivity index (χ4n) is 6.13. The minimum Gasteiger partial charge on any atom is -0.398 e. The number of imidazole rings is 1. The van der Waals surface area contributed by atoms with Crippen molar-refractivity contribution in [3.05, 3.63) is 156 Å². The van der Waals surface area contributed by atoms with Crippen LogP contribution in [0.25, 0.3) is 44.8 Å². The second-order valence-corrected chi connectivity index (χ2v) is 10.8. The topological polar surface area (TPSA) is 55.9 Å². The number of benzene rings is 5. The van der Waals surface area contributed by atoms with Gasteiger partial charge in [-0.25, -0.2) is 4.98 Å². The van der Waals surface area contributed by atoms with Gasteiger partial charge in [0.05, 0.1) is 22.8 Å². The Bertz CT molecular complexity index is 2070. The number of dihydropyridines is 1. The Morgan fingerprint density at radius 1 is 0.829 bits per heavy atom. The molecular formula is C37H28N4. The smallest absolute Gasteiger partial charge is 0.142 e. The highest BCUT2D eigenvalue weighted by Crippen LogP contribution is 2.38. The molecule has 1 atom stereocenters. The van der Waals surface area contributed by atoms with Crippen LogP contribution in [0.3, 0.4) is 0 Å². The van der Waals surface area contributed by atoms with E-state index in [4.69, 9.17) is 10.7 Å². The molecule has 0 aliphatic carbocycles. The molecule has 0 radical (unpaired) electrons. The summed E-state index contributed by atoms with van der Waals surface area (Å²) in [5, 5.41) is 6.28. The van der Waals surface area contributed by atoms with Crippen molar-refractivity contribution >= 4 is 44.8 Å². The lowest BCUT2D eigenvalue weighted by molar-refractivity contribution is 0.761. The predicted molar refractivity (Wildman–Crippen MR) is 170 cm³/mol. The summed E-state index contributed by atoms with van der Waals surface area (Å²) in [6, 6.07) is 38.4. The molecule has 3 N–H and O–H groups in total. The van der Waals surface area contributed by atoms with E-state index in [-0.39, 0.29) is 6.04 Å². The van der Waals surface area contributed by atoms with Crippen LogP contribution >= 0.6 is 0 Å². The van der Waals surface area contributed by atoms with Crippen LogP contribution in [0.4, 0.5) is 5.69 Å². The number of allylic oxidation sites excluding steroid dienone is 3. The molecule has 0 fully saturated rings. The van der Waals surface area contributed by atoms with Crippen LogP contribution in [-0.4, -0.2) is 9.55 Å². The Hall–Kier alpha value is -5.35. The lowest BCUT2D eigenvalue weighted by atomic mass is 9.92. The van der Waals surface area contributed by atoms with Gasteiger partial charge in [-0.3, -0.25) is 4.57 Å². The van der Waals surface area contributed by atoms with Crippen LogP contribution in [0, 0.1) is 0 Å². The highest BCUT2D eigenvalue weighted by atomic mass is 15.1. The number of nitrogen functional groups attached to an aromatic ring is 1. The Morgan fingerprint density at radius 3 is 2.59 bits per heavy atom. The lowest BCUT2D eigenvalue weighted by Crippen LogP contribution is -2.21. The first-order valence-electron chi connectivity index (χ1n) is 14.0. The van der Waals surface area contributed by atoms with Crippen LogP contribution in [0.1, 0.15) is 34.1 Å². The van der Waals surface area contributed by atoms with Gasteiger partial charge in [0.1, 0.15) is 5.82 Å². The first kappa shape index (κ1) is 23.5. The average Bonchev–Trinajstić information content (AvgIpc) is 3.42. The van der Waals surface area contributed by atoms with Gasteiger partial charge in [0.25, 0.3) is 0 Å². The van der Waals surface area contributed by atoms with Crippen LogP contribution in [0.5, 0.6) is 0 Å². The first-order valence-corrected chi connectivity index (χ1v) is 14.0. The second kappa shape index (κ2) is 9.39. The van der Waals surface area contributed by atoms with Gasteiger partial charge in [-0.2, -0.15) is 0 Å². The minimum absolute atomic E-state index is 0.0740. The number of nitrogens with two attached hydrogens (primary N) is 1. The van der Waals surface area contributed by atoms with Gasteiger partial charge in [-0.1, -0.05) is 91.0 Å². The van der Waals surface area contributed by atoms with Crippen molar-refractivity contribution in [2.24, 2.45) is 0 Å². The Morgan fingerprint density at radius 2 is 1.66 bits per heavy atom. The molecule has 0 saturated carbocycles. The average molecular weight is 529 g/mol. The van der Waals surface area contributed by atoms with E-state index in [0.29, 0.717) is 0 Å². The quantitative estimate of drug-likeness (QED) is 0.228. The summed E-state index contributed by atoms with van der Waals surface area (Å²) in [5.74, 6) is 0.979. The summed E-state index contributed by atoms with van der Waals surface area (Å²) >= 11 is 0.